The SMILES string of the molecule is O=c1oc2c3c(ccc2c2c1CCCC2)OCN(c1ccc(C(F)(F)F)cc1Cl)C3. The molecule has 0 bridgehead atoms. The fraction of sp³-hybridized carbons (Fsp3) is 0.318. The van der Waals surface area contributed by atoms with Crippen molar-refractivity contribution in [2.24, 2.45) is 0 Å². The molecule has 1 aliphatic carbocycles. The number of fused-ring (bicyclic) bond motifs is 5. The van der Waals surface area contributed by atoms with Crippen molar-refractivity contribution in [3.05, 3.63) is 68.0 Å². The molecule has 2 aliphatic rings. The van der Waals surface area contributed by atoms with Gasteiger partial charge in [0.25, 0.3) is 0 Å². The molecule has 30 heavy (non-hydrogen) atoms. The van der Waals surface area contributed by atoms with Crippen molar-refractivity contribution in [3.8, 4) is 5.75 Å². The van der Waals surface area contributed by atoms with Crippen molar-refractivity contribution in [1.82, 2.24) is 0 Å². The highest BCUT2D eigenvalue weighted by Gasteiger charge is 2.32. The number of aryl methyl sites for hydroxylation is 1. The Morgan fingerprint density at radius 3 is 2.50 bits per heavy atom. The summed E-state index contributed by atoms with van der Waals surface area (Å²) in [6.07, 6.45) is -0.935. The zero-order valence-corrected chi connectivity index (χ0v) is 16.6. The molecule has 0 fully saturated rings. The lowest BCUT2D eigenvalue weighted by Crippen LogP contribution is -2.32. The molecule has 156 valence electrons. The van der Waals surface area contributed by atoms with Crippen LogP contribution >= 0.6 is 11.6 Å². The number of hydrogen-bond donors (Lipinski definition) is 0. The van der Waals surface area contributed by atoms with E-state index in [9.17, 15) is 18.0 Å². The minimum atomic E-state index is -4.47. The number of nitrogens with zero attached hydrogens (tertiary/aromatic N) is 1. The van der Waals surface area contributed by atoms with Crippen molar-refractivity contribution in [2.75, 3.05) is 11.6 Å². The van der Waals surface area contributed by atoms with Gasteiger partial charge >= 0.3 is 11.8 Å². The molecule has 1 aliphatic heterocycles. The van der Waals surface area contributed by atoms with Gasteiger partial charge in [-0.25, -0.2) is 4.79 Å². The summed E-state index contributed by atoms with van der Waals surface area (Å²) in [6.45, 7) is 0.429. The van der Waals surface area contributed by atoms with Gasteiger partial charge in [-0.1, -0.05) is 11.6 Å². The van der Waals surface area contributed by atoms with E-state index in [-0.39, 0.29) is 17.4 Å². The van der Waals surface area contributed by atoms with Crippen molar-refractivity contribution in [1.29, 1.82) is 0 Å². The Labute approximate surface area is 174 Å². The van der Waals surface area contributed by atoms with Crippen LogP contribution in [-0.2, 0) is 25.6 Å². The van der Waals surface area contributed by atoms with Gasteiger partial charge in [-0.15, -0.1) is 0 Å². The third-order valence-electron chi connectivity index (χ3n) is 5.79. The molecule has 3 aromatic rings. The lowest BCUT2D eigenvalue weighted by Gasteiger charge is -2.32. The lowest BCUT2D eigenvalue weighted by molar-refractivity contribution is -0.137. The predicted molar refractivity (Wildman–Crippen MR) is 107 cm³/mol. The van der Waals surface area contributed by atoms with Crippen LogP contribution in [0.1, 0.15) is 35.1 Å². The second-order valence-corrected chi connectivity index (χ2v) is 8.02. The van der Waals surface area contributed by atoms with Crippen LogP contribution in [0, 0.1) is 0 Å². The Morgan fingerprint density at radius 1 is 1.00 bits per heavy atom. The van der Waals surface area contributed by atoms with Gasteiger partial charge in [-0.2, -0.15) is 13.2 Å². The van der Waals surface area contributed by atoms with Gasteiger partial charge in [0.15, 0.2) is 6.73 Å². The molecule has 1 aromatic heterocycles. The Hall–Kier alpha value is -2.67. The summed E-state index contributed by atoms with van der Waals surface area (Å²) in [5.74, 6) is 0.598. The quantitative estimate of drug-likeness (QED) is 0.460. The van der Waals surface area contributed by atoms with E-state index in [0.717, 1.165) is 47.9 Å². The van der Waals surface area contributed by atoms with Crippen LogP contribution in [0.15, 0.2) is 39.5 Å². The van der Waals surface area contributed by atoms with E-state index in [4.69, 9.17) is 20.8 Å². The van der Waals surface area contributed by atoms with Crippen molar-refractivity contribution >= 4 is 28.3 Å². The molecule has 8 heteroatoms. The third-order valence-corrected chi connectivity index (χ3v) is 6.09. The van der Waals surface area contributed by atoms with Crippen LogP contribution in [-0.4, -0.2) is 6.73 Å². The first kappa shape index (κ1) is 19.3. The van der Waals surface area contributed by atoms with E-state index in [1.807, 2.05) is 12.1 Å². The summed E-state index contributed by atoms with van der Waals surface area (Å²) in [7, 11) is 0. The number of anilines is 1. The Bertz CT molecular complexity index is 1220. The Balaban J connectivity index is 1.58. The minimum Gasteiger partial charge on any atom is -0.473 e. The molecule has 4 nitrogen and oxygen atoms in total. The summed E-state index contributed by atoms with van der Waals surface area (Å²) in [4.78, 5) is 14.3. The Morgan fingerprint density at radius 2 is 1.77 bits per heavy atom. The van der Waals surface area contributed by atoms with E-state index in [1.165, 1.54) is 6.07 Å². The first-order chi connectivity index (χ1) is 14.3. The van der Waals surface area contributed by atoms with Crippen molar-refractivity contribution < 1.29 is 22.3 Å². The van der Waals surface area contributed by atoms with Gasteiger partial charge in [-0.05, 0) is 61.6 Å². The lowest BCUT2D eigenvalue weighted by atomic mass is 9.90. The zero-order valence-electron chi connectivity index (χ0n) is 15.8. The standard InChI is InChI=1S/C22H17ClF3NO3/c23-17-9-12(22(24,25)26)5-7-18(17)27-10-16-19(29-11-27)8-6-14-13-3-1-2-4-15(13)21(28)30-20(14)16/h5-9H,1-4,10-11H2. The average molecular weight is 436 g/mol. The maximum absolute atomic E-state index is 13.0. The van der Waals surface area contributed by atoms with Gasteiger partial charge in [-0.3, -0.25) is 0 Å². The highest BCUT2D eigenvalue weighted by molar-refractivity contribution is 6.33. The smallest absolute Gasteiger partial charge is 0.416 e. The monoisotopic (exact) mass is 435 g/mol. The first-order valence-electron chi connectivity index (χ1n) is 9.68. The second kappa shape index (κ2) is 6.94. The normalized spacial score (nSPS) is 16.2. The van der Waals surface area contributed by atoms with E-state index in [0.29, 0.717) is 35.5 Å². The molecular formula is C22H17ClF3NO3. The van der Waals surface area contributed by atoms with Crippen LogP contribution in [0.3, 0.4) is 0 Å². The number of alkyl halides is 3. The molecule has 0 spiro atoms. The molecule has 2 heterocycles. The second-order valence-electron chi connectivity index (χ2n) is 7.61. The number of rotatable bonds is 1. The number of benzene rings is 2. The average Bonchev–Trinajstić information content (AvgIpc) is 2.73. The first-order valence-corrected chi connectivity index (χ1v) is 10.1. The molecule has 0 unspecified atom stereocenters. The fourth-order valence-electron chi connectivity index (χ4n) is 4.31. The van der Waals surface area contributed by atoms with Crippen molar-refractivity contribution in [3.63, 3.8) is 0 Å². The molecule has 2 aromatic carbocycles. The molecule has 0 N–H and O–H groups in total. The van der Waals surface area contributed by atoms with Crippen LogP contribution < -0.4 is 15.3 Å². The highest BCUT2D eigenvalue weighted by Crippen LogP contribution is 2.40. The van der Waals surface area contributed by atoms with Gasteiger partial charge in [0.1, 0.15) is 11.3 Å². The van der Waals surface area contributed by atoms with E-state index in [2.05, 4.69) is 0 Å². The number of halogens is 4. The molecule has 5 rings (SSSR count). The van der Waals surface area contributed by atoms with Crippen LogP contribution in [0.4, 0.5) is 18.9 Å². The van der Waals surface area contributed by atoms with Crippen molar-refractivity contribution in [2.45, 2.75) is 38.4 Å². The summed E-state index contributed by atoms with van der Waals surface area (Å²) in [5.41, 5.74) is 2.24. The van der Waals surface area contributed by atoms with Crippen LogP contribution in [0.2, 0.25) is 5.02 Å². The molecule has 0 saturated heterocycles. The van der Waals surface area contributed by atoms with E-state index >= 15 is 0 Å². The topological polar surface area (TPSA) is 42.7 Å². The highest BCUT2D eigenvalue weighted by atomic mass is 35.5. The van der Waals surface area contributed by atoms with Crippen LogP contribution in [0.25, 0.3) is 11.0 Å². The molecule has 0 radical (unpaired) electrons. The Kier molecular flexibility index (Phi) is 4.47. The van der Waals surface area contributed by atoms with Gasteiger partial charge < -0.3 is 14.1 Å². The van der Waals surface area contributed by atoms with E-state index in [1.54, 1.807) is 4.90 Å². The fourth-order valence-corrected chi connectivity index (χ4v) is 4.61. The molecule has 0 atom stereocenters. The summed E-state index contributed by atoms with van der Waals surface area (Å²) in [5, 5.41) is 0.878. The summed E-state index contributed by atoms with van der Waals surface area (Å²) in [6, 6.07) is 7.02. The van der Waals surface area contributed by atoms with Gasteiger partial charge in [0, 0.05) is 10.9 Å². The predicted octanol–water partition coefficient (Wildman–Crippen LogP) is 5.70. The zero-order chi connectivity index (χ0) is 21.0. The van der Waals surface area contributed by atoms with Gasteiger partial charge in [0.05, 0.1) is 28.4 Å². The minimum absolute atomic E-state index is 0.0176. The molecule has 0 amide bonds. The maximum Gasteiger partial charge on any atom is 0.416 e. The van der Waals surface area contributed by atoms with Crippen LogP contribution in [0.5, 0.6) is 5.75 Å². The largest absolute Gasteiger partial charge is 0.473 e. The van der Waals surface area contributed by atoms with E-state index < -0.39 is 11.7 Å². The third kappa shape index (κ3) is 3.12. The summed E-state index contributed by atoms with van der Waals surface area (Å²) >= 11 is 6.16. The molecule has 0 saturated carbocycles. The molecular weight excluding hydrogens is 419 g/mol. The van der Waals surface area contributed by atoms with Gasteiger partial charge in [0.2, 0.25) is 0 Å². The maximum atomic E-state index is 13.0. The number of ether oxygens (including phenoxy) is 1. The summed E-state index contributed by atoms with van der Waals surface area (Å²) < 4.78 is 50.4. The number of hydrogen-bond acceptors (Lipinski definition) is 4.